The fraction of sp³-hybridized carbons (Fsp3) is 1.00. The van der Waals surface area contributed by atoms with Gasteiger partial charge >= 0.3 is 0 Å². The van der Waals surface area contributed by atoms with E-state index in [1.165, 1.54) is 6.42 Å². The van der Waals surface area contributed by atoms with Gasteiger partial charge in [0.2, 0.25) is 0 Å². The molecule has 0 aromatic carbocycles. The van der Waals surface area contributed by atoms with Crippen molar-refractivity contribution in [2.75, 3.05) is 6.61 Å². The molecule has 3 N–H and O–H groups in total. The summed E-state index contributed by atoms with van der Waals surface area (Å²) in [5.74, 6) is 0. The Morgan fingerprint density at radius 1 is 1.38 bits per heavy atom. The maximum absolute atomic E-state index is 7.79. The van der Waals surface area contributed by atoms with Crippen LogP contribution in [0.5, 0.6) is 0 Å². The van der Waals surface area contributed by atoms with Gasteiger partial charge in [-0.3, -0.25) is 5.26 Å². The summed E-state index contributed by atoms with van der Waals surface area (Å²) in [6, 6.07) is 0. The lowest BCUT2D eigenvalue weighted by Crippen LogP contribution is -1.86. The molecule has 0 rings (SSSR count). The van der Waals surface area contributed by atoms with E-state index in [1.54, 1.807) is 0 Å². The molecule has 0 aliphatic rings. The van der Waals surface area contributed by atoms with E-state index in [0.717, 1.165) is 12.8 Å². The Kier molecular flexibility index (Phi) is 13.5. The zero-order valence-electron chi connectivity index (χ0n) is 5.18. The van der Waals surface area contributed by atoms with Crippen molar-refractivity contribution in [2.24, 2.45) is 0 Å². The predicted molar refractivity (Wildman–Crippen MR) is 31.7 cm³/mol. The Morgan fingerprint density at radius 2 is 2.00 bits per heavy atom. The van der Waals surface area contributed by atoms with Gasteiger partial charge in [-0.05, 0) is 6.42 Å². The number of hydrogen-bond donors (Lipinski definition) is 1. The minimum Gasteiger partial charge on any atom is -0.412 e. The standard InChI is InChI=1S/C5H12O2.H2O/c1-2-3-4-5-7-6;/h6H,2-5H2,1H3;1H2. The summed E-state index contributed by atoms with van der Waals surface area (Å²) in [4.78, 5) is 3.84. The first kappa shape index (κ1) is 10.8. The van der Waals surface area contributed by atoms with Crippen LogP contribution in [0.3, 0.4) is 0 Å². The molecule has 52 valence electrons. The van der Waals surface area contributed by atoms with E-state index in [9.17, 15) is 0 Å². The Labute approximate surface area is 49.5 Å². The normalized spacial score (nSPS) is 8.25. The lowest BCUT2D eigenvalue weighted by Gasteiger charge is -1.90. The minimum absolute atomic E-state index is 0. The first-order valence-corrected chi connectivity index (χ1v) is 2.68. The molecule has 3 nitrogen and oxygen atoms in total. The molecule has 0 bridgehead atoms. The summed E-state index contributed by atoms with van der Waals surface area (Å²) in [6.07, 6.45) is 3.27. The molecule has 0 aliphatic heterocycles. The largest absolute Gasteiger partial charge is 0.412 e. The van der Waals surface area contributed by atoms with Crippen LogP contribution in [-0.4, -0.2) is 17.3 Å². The highest BCUT2D eigenvalue weighted by atomic mass is 17.1. The van der Waals surface area contributed by atoms with Gasteiger partial charge in [0.05, 0.1) is 6.61 Å². The van der Waals surface area contributed by atoms with Crippen LogP contribution in [0.15, 0.2) is 0 Å². The van der Waals surface area contributed by atoms with Crippen molar-refractivity contribution < 1.29 is 15.6 Å². The van der Waals surface area contributed by atoms with Crippen LogP contribution in [0.1, 0.15) is 26.2 Å². The SMILES string of the molecule is CCCCCOO.O. The van der Waals surface area contributed by atoms with Gasteiger partial charge in [-0.2, -0.15) is 0 Å². The maximum atomic E-state index is 7.79. The van der Waals surface area contributed by atoms with Crippen LogP contribution in [0.4, 0.5) is 0 Å². The van der Waals surface area contributed by atoms with Crippen molar-refractivity contribution in [1.82, 2.24) is 0 Å². The molecule has 0 radical (unpaired) electrons. The second kappa shape index (κ2) is 9.99. The van der Waals surface area contributed by atoms with Gasteiger partial charge in [0.25, 0.3) is 0 Å². The number of rotatable bonds is 4. The molecule has 0 saturated heterocycles. The van der Waals surface area contributed by atoms with Gasteiger partial charge in [0.1, 0.15) is 0 Å². The van der Waals surface area contributed by atoms with Gasteiger partial charge in [-0.15, -0.1) is 0 Å². The van der Waals surface area contributed by atoms with Crippen molar-refractivity contribution in [3.8, 4) is 0 Å². The molecule has 0 heterocycles. The molecule has 0 atom stereocenters. The van der Waals surface area contributed by atoms with Crippen molar-refractivity contribution in [1.29, 1.82) is 0 Å². The molecule has 0 aromatic rings. The molecule has 0 aromatic heterocycles. The first-order chi connectivity index (χ1) is 3.41. The van der Waals surface area contributed by atoms with Crippen molar-refractivity contribution in [3.05, 3.63) is 0 Å². The molecule has 0 amide bonds. The second-order valence-electron chi connectivity index (χ2n) is 1.54. The third-order valence-corrected chi connectivity index (χ3v) is 0.839. The fourth-order valence-electron chi connectivity index (χ4n) is 0.417. The molecular weight excluding hydrogens is 108 g/mol. The van der Waals surface area contributed by atoms with Gasteiger partial charge in [0.15, 0.2) is 0 Å². The highest BCUT2D eigenvalue weighted by Gasteiger charge is 1.81. The Balaban J connectivity index is 0. The van der Waals surface area contributed by atoms with Gasteiger partial charge in [-0.25, -0.2) is 4.89 Å². The van der Waals surface area contributed by atoms with Crippen molar-refractivity contribution >= 4 is 0 Å². The van der Waals surface area contributed by atoms with E-state index in [2.05, 4.69) is 11.8 Å². The minimum atomic E-state index is 0. The molecule has 8 heavy (non-hydrogen) atoms. The highest BCUT2D eigenvalue weighted by Crippen LogP contribution is 1.91. The maximum Gasteiger partial charge on any atom is 0.0819 e. The van der Waals surface area contributed by atoms with Crippen LogP contribution in [-0.2, 0) is 4.89 Å². The highest BCUT2D eigenvalue weighted by molar-refractivity contribution is 4.31. The number of hydrogen-bond acceptors (Lipinski definition) is 2. The molecule has 0 fully saturated rings. The van der Waals surface area contributed by atoms with Crippen molar-refractivity contribution in [3.63, 3.8) is 0 Å². The predicted octanol–water partition coefficient (Wildman–Crippen LogP) is 0.841. The lowest BCUT2D eigenvalue weighted by atomic mass is 10.3. The van der Waals surface area contributed by atoms with Crippen LogP contribution in [0.25, 0.3) is 0 Å². The average molecular weight is 122 g/mol. The smallest absolute Gasteiger partial charge is 0.0819 e. The molecule has 3 heteroatoms. The zero-order valence-corrected chi connectivity index (χ0v) is 5.18. The van der Waals surface area contributed by atoms with E-state index >= 15 is 0 Å². The zero-order chi connectivity index (χ0) is 5.54. The van der Waals surface area contributed by atoms with Gasteiger partial charge in [0, 0.05) is 0 Å². The quantitative estimate of drug-likeness (QED) is 0.341. The monoisotopic (exact) mass is 122 g/mol. The molecule has 0 saturated carbocycles. The van der Waals surface area contributed by atoms with Crippen LogP contribution in [0.2, 0.25) is 0 Å². The summed E-state index contributed by atoms with van der Waals surface area (Å²) in [6.45, 7) is 2.59. The van der Waals surface area contributed by atoms with E-state index in [0.29, 0.717) is 6.61 Å². The third kappa shape index (κ3) is 9.30. The Bertz CT molecular complexity index is 26.9. The summed E-state index contributed by atoms with van der Waals surface area (Å²) in [5.41, 5.74) is 0. The average Bonchev–Trinajstić information content (AvgIpc) is 1.69. The molecular formula is C5H14O3. The van der Waals surface area contributed by atoms with E-state index in [-0.39, 0.29) is 5.48 Å². The Morgan fingerprint density at radius 3 is 2.38 bits per heavy atom. The van der Waals surface area contributed by atoms with E-state index < -0.39 is 0 Å². The van der Waals surface area contributed by atoms with E-state index in [1.807, 2.05) is 0 Å². The molecule has 0 unspecified atom stereocenters. The summed E-state index contributed by atoms with van der Waals surface area (Å²) in [7, 11) is 0. The van der Waals surface area contributed by atoms with Crippen LogP contribution < -0.4 is 0 Å². The summed E-state index contributed by atoms with van der Waals surface area (Å²) in [5, 5.41) is 7.79. The topological polar surface area (TPSA) is 61.0 Å². The second-order valence-corrected chi connectivity index (χ2v) is 1.54. The molecule has 0 spiro atoms. The Hall–Kier alpha value is -0.120. The summed E-state index contributed by atoms with van der Waals surface area (Å²) < 4.78 is 0. The van der Waals surface area contributed by atoms with Gasteiger partial charge in [-0.1, -0.05) is 19.8 Å². The lowest BCUT2D eigenvalue weighted by molar-refractivity contribution is -0.242. The van der Waals surface area contributed by atoms with E-state index in [4.69, 9.17) is 5.26 Å². The van der Waals surface area contributed by atoms with Crippen LogP contribution >= 0.6 is 0 Å². The fourth-order valence-corrected chi connectivity index (χ4v) is 0.417. The van der Waals surface area contributed by atoms with Crippen molar-refractivity contribution in [2.45, 2.75) is 26.2 Å². The summed E-state index contributed by atoms with van der Waals surface area (Å²) >= 11 is 0. The third-order valence-electron chi connectivity index (χ3n) is 0.839. The first-order valence-electron chi connectivity index (χ1n) is 2.68. The molecule has 0 aliphatic carbocycles. The number of unbranched alkanes of at least 4 members (excludes halogenated alkanes) is 2. The van der Waals surface area contributed by atoms with Gasteiger partial charge < -0.3 is 5.48 Å². The van der Waals surface area contributed by atoms with Crippen LogP contribution in [0, 0.1) is 0 Å².